The van der Waals surface area contributed by atoms with Crippen LogP contribution in [-0.2, 0) is 38.5 Å². The highest BCUT2D eigenvalue weighted by Gasteiger charge is 2.30. The van der Waals surface area contributed by atoms with Crippen LogP contribution in [0.1, 0.15) is 176 Å². The predicted molar refractivity (Wildman–Crippen MR) is 294 cm³/mol. The Bertz CT molecular complexity index is 2350. The zero-order valence-electron chi connectivity index (χ0n) is 42.7. The lowest BCUT2D eigenvalue weighted by atomic mass is 9.77. The minimum Gasteiger partial charge on any atom is -0.0776 e. The van der Waals surface area contributed by atoms with Gasteiger partial charge in [0.25, 0.3) is 0 Å². The first-order chi connectivity index (χ1) is 31.9. The molecule has 0 nitrogen and oxygen atoms in total. The van der Waals surface area contributed by atoms with Gasteiger partial charge in [-0.25, -0.2) is 0 Å². The Hall–Kier alpha value is -4.68. The smallest absolute Gasteiger partial charge is 0.0125 e. The fourth-order valence-corrected chi connectivity index (χ4v) is 12.0. The van der Waals surface area contributed by atoms with E-state index in [9.17, 15) is 0 Å². The Labute approximate surface area is 410 Å². The van der Waals surface area contributed by atoms with Gasteiger partial charge in [0.1, 0.15) is 0 Å². The zero-order valence-corrected chi connectivity index (χ0v) is 42.7. The van der Waals surface area contributed by atoms with E-state index < -0.39 is 0 Å². The monoisotopic (exact) mass is 893 g/mol. The molecule has 0 heterocycles. The van der Waals surface area contributed by atoms with Gasteiger partial charge in [-0.2, -0.15) is 0 Å². The van der Waals surface area contributed by atoms with Gasteiger partial charge in [0.2, 0.25) is 0 Å². The van der Waals surface area contributed by atoms with E-state index in [-0.39, 0.29) is 7.43 Å². The van der Waals surface area contributed by atoms with Gasteiger partial charge in [0.05, 0.1) is 0 Å². The summed E-state index contributed by atoms with van der Waals surface area (Å²) in [5.41, 5.74) is 18.6. The van der Waals surface area contributed by atoms with E-state index in [2.05, 4.69) is 215 Å². The summed E-state index contributed by atoms with van der Waals surface area (Å²) in [4.78, 5) is 0. The number of aryl methyl sites for hydroxylation is 3. The molecule has 0 amide bonds. The molecule has 0 bridgehead atoms. The first-order valence-corrected chi connectivity index (χ1v) is 26.4. The Morgan fingerprint density at radius 3 is 1.13 bits per heavy atom. The van der Waals surface area contributed by atoms with Crippen LogP contribution in [0.2, 0.25) is 0 Å². The first kappa shape index (κ1) is 51.7. The third-order valence-corrected chi connectivity index (χ3v) is 16.1. The van der Waals surface area contributed by atoms with E-state index in [4.69, 9.17) is 0 Å². The number of benzene rings is 6. The maximum atomic E-state index is 2.35. The predicted octanol–water partition coefficient (Wildman–Crippen LogP) is 18.7. The normalized spacial score (nSPS) is 18.6. The molecular formula is C67H88. The minimum atomic E-state index is 0. The third kappa shape index (κ3) is 12.9. The largest absolute Gasteiger partial charge is 0.0776 e. The summed E-state index contributed by atoms with van der Waals surface area (Å²) in [6.45, 7) is 23.3. The van der Waals surface area contributed by atoms with E-state index in [1.165, 1.54) is 86.5 Å². The second kappa shape index (κ2) is 24.6. The molecule has 0 saturated carbocycles. The van der Waals surface area contributed by atoms with Crippen molar-refractivity contribution in [3.05, 3.63) is 201 Å². The summed E-state index contributed by atoms with van der Waals surface area (Å²) in [6, 6.07) is 53.3. The maximum absolute atomic E-state index is 2.35. The molecule has 0 N–H and O–H groups in total. The maximum Gasteiger partial charge on any atom is 0.0125 e. The fourth-order valence-electron chi connectivity index (χ4n) is 12.0. The molecule has 6 aromatic rings. The number of hydrogen-bond acceptors (Lipinski definition) is 0. The molecule has 0 radical (unpaired) electrons. The van der Waals surface area contributed by atoms with E-state index in [1.807, 2.05) is 0 Å². The average molecular weight is 893 g/mol. The number of fused-ring (bicyclic) bond motifs is 7. The molecule has 5 aliphatic carbocycles. The summed E-state index contributed by atoms with van der Waals surface area (Å²) >= 11 is 0. The Morgan fingerprint density at radius 2 is 0.672 bits per heavy atom. The van der Waals surface area contributed by atoms with Crippen molar-refractivity contribution in [1.29, 1.82) is 0 Å². The molecule has 0 aliphatic heterocycles. The SMILES string of the molecule is C.CC(C)C1CCCc2ccccc21.CC(C)C1CCc2ccccc21.CC(C)C1CCc2ccccc2C1.CC(C)C1Cc2ccccc2C1.CC(C)C1c2ccccc2-c2ccccc21. The lowest BCUT2D eigenvalue weighted by Gasteiger charge is -2.28. The van der Waals surface area contributed by atoms with Crippen molar-refractivity contribution < 1.29 is 0 Å². The molecule has 0 aromatic heterocycles. The van der Waals surface area contributed by atoms with Gasteiger partial charge >= 0.3 is 0 Å². The standard InChI is InChI=1S/C16H16.2C13H18.2C12H16.CH4/c1-11(2)16-14-9-5-3-7-12(14)13-8-4-6-10-15(13)16;1-10(2)12-9-5-7-11-6-3-4-8-13(11)12;1-10(2)12-8-7-11-5-3-4-6-13(11)9-12;1-9(2)12-7-10-5-3-4-6-11(10)8-12;1-9(2)11-8-7-10-5-3-4-6-12(10)11;/h3-11,16H,1-2H3;3-4,6,8,10,12H,5,7,9H2,1-2H3;3-6,10,12H,7-9H2,1-2H3;3-6,9,12H,7-8H2,1-2H3;3-6,9,11H,7-8H2,1-2H3;1H4. The molecule has 356 valence electrons. The summed E-state index contributed by atoms with van der Waals surface area (Å²) in [5, 5.41) is 0. The quantitative estimate of drug-likeness (QED) is 0.162. The van der Waals surface area contributed by atoms with Crippen molar-refractivity contribution in [1.82, 2.24) is 0 Å². The highest BCUT2D eigenvalue weighted by atomic mass is 14.3. The van der Waals surface area contributed by atoms with E-state index in [0.717, 1.165) is 47.3 Å². The summed E-state index contributed by atoms with van der Waals surface area (Å²) < 4.78 is 0. The van der Waals surface area contributed by atoms with Crippen molar-refractivity contribution in [3.63, 3.8) is 0 Å². The van der Waals surface area contributed by atoms with Crippen LogP contribution < -0.4 is 0 Å². The van der Waals surface area contributed by atoms with Crippen LogP contribution in [0.25, 0.3) is 11.1 Å². The summed E-state index contributed by atoms with van der Waals surface area (Å²) in [5.74, 6) is 7.93. The Kier molecular flexibility index (Phi) is 19.0. The van der Waals surface area contributed by atoms with Gasteiger partial charge < -0.3 is 0 Å². The highest BCUT2D eigenvalue weighted by Crippen LogP contribution is 2.48. The lowest BCUT2D eigenvalue weighted by Crippen LogP contribution is -2.18. The average Bonchev–Trinajstić information content (AvgIpc) is 4.07. The lowest BCUT2D eigenvalue weighted by molar-refractivity contribution is 0.343. The molecule has 3 unspecified atom stereocenters. The summed E-state index contributed by atoms with van der Waals surface area (Å²) in [7, 11) is 0. The second-order valence-electron chi connectivity index (χ2n) is 22.1. The van der Waals surface area contributed by atoms with Crippen molar-refractivity contribution in [2.45, 2.75) is 159 Å². The molecule has 0 spiro atoms. The van der Waals surface area contributed by atoms with E-state index >= 15 is 0 Å². The summed E-state index contributed by atoms with van der Waals surface area (Å²) in [6.07, 6.45) is 13.3. The van der Waals surface area contributed by atoms with Crippen LogP contribution in [0.3, 0.4) is 0 Å². The molecule has 0 heteroatoms. The van der Waals surface area contributed by atoms with Crippen LogP contribution in [0, 0.1) is 41.4 Å². The van der Waals surface area contributed by atoms with Gasteiger partial charge in [0.15, 0.2) is 0 Å². The number of rotatable bonds is 5. The van der Waals surface area contributed by atoms with Gasteiger partial charge in [-0.05, 0) is 184 Å². The fraction of sp³-hybridized carbons (Fsp3) is 0.463. The third-order valence-electron chi connectivity index (χ3n) is 16.1. The van der Waals surface area contributed by atoms with Crippen molar-refractivity contribution in [2.24, 2.45) is 41.4 Å². The molecular weight excluding hydrogens is 805 g/mol. The van der Waals surface area contributed by atoms with Crippen LogP contribution in [-0.4, -0.2) is 0 Å². The van der Waals surface area contributed by atoms with Crippen LogP contribution in [0.5, 0.6) is 0 Å². The van der Waals surface area contributed by atoms with Crippen molar-refractivity contribution >= 4 is 0 Å². The van der Waals surface area contributed by atoms with E-state index in [0.29, 0.717) is 11.8 Å². The molecule has 0 saturated heterocycles. The molecule has 0 fully saturated rings. The van der Waals surface area contributed by atoms with Crippen molar-refractivity contribution in [2.75, 3.05) is 0 Å². The van der Waals surface area contributed by atoms with Crippen LogP contribution >= 0.6 is 0 Å². The van der Waals surface area contributed by atoms with Crippen molar-refractivity contribution in [3.8, 4) is 11.1 Å². The van der Waals surface area contributed by atoms with Gasteiger partial charge in [0, 0.05) is 5.92 Å². The Balaban J connectivity index is 0.000000138. The van der Waals surface area contributed by atoms with Crippen LogP contribution in [0.15, 0.2) is 146 Å². The molecule has 5 aliphatic rings. The van der Waals surface area contributed by atoms with Gasteiger partial charge in [-0.15, -0.1) is 0 Å². The molecule has 11 rings (SSSR count). The van der Waals surface area contributed by atoms with E-state index in [1.54, 1.807) is 44.5 Å². The zero-order chi connectivity index (χ0) is 46.7. The highest BCUT2D eigenvalue weighted by molar-refractivity contribution is 5.78. The number of hydrogen-bond donors (Lipinski definition) is 0. The molecule has 67 heavy (non-hydrogen) atoms. The minimum absolute atomic E-state index is 0. The second-order valence-corrected chi connectivity index (χ2v) is 22.1. The molecule has 3 atom stereocenters. The first-order valence-electron chi connectivity index (χ1n) is 26.4. The van der Waals surface area contributed by atoms with Gasteiger partial charge in [-0.3, -0.25) is 0 Å². The van der Waals surface area contributed by atoms with Crippen LogP contribution in [0.4, 0.5) is 0 Å². The molecule has 6 aromatic carbocycles. The Morgan fingerprint density at radius 1 is 0.313 bits per heavy atom. The topological polar surface area (TPSA) is 0 Å². The van der Waals surface area contributed by atoms with Gasteiger partial charge in [-0.1, -0.05) is 222 Å².